The number of aliphatic hydroxyl groups is 1. The third kappa shape index (κ3) is 5.44. The molecule has 4 nitrogen and oxygen atoms in total. The van der Waals surface area contributed by atoms with Gasteiger partial charge in [-0.3, -0.25) is 0 Å². The maximum absolute atomic E-state index is 13.6. The monoisotopic (exact) mass is 257 g/mol. The Balaban J connectivity index is 2.46. The lowest BCUT2D eigenvalue weighted by Gasteiger charge is -2.10. The Kier molecular flexibility index (Phi) is 6.64. The van der Waals surface area contributed by atoms with E-state index in [-0.39, 0.29) is 12.4 Å². The molecule has 1 rings (SSSR count). The van der Waals surface area contributed by atoms with Gasteiger partial charge in [-0.15, -0.1) is 0 Å². The standard InChI is InChI=1S/C13H20FNO3/c1-10(16)9-18-13-4-3-11(7-12(13)14)8-15-5-6-17-2/h3-4,7,10,15-16H,5-6,8-9H2,1-2H3. The molecular weight excluding hydrogens is 237 g/mol. The Morgan fingerprint density at radius 1 is 1.44 bits per heavy atom. The minimum atomic E-state index is -0.611. The number of halogens is 1. The number of rotatable bonds is 8. The van der Waals surface area contributed by atoms with Gasteiger partial charge >= 0.3 is 0 Å². The Morgan fingerprint density at radius 3 is 2.83 bits per heavy atom. The third-order valence-corrected chi connectivity index (χ3v) is 2.29. The fraction of sp³-hybridized carbons (Fsp3) is 0.538. The van der Waals surface area contributed by atoms with Gasteiger partial charge < -0.3 is 19.9 Å². The molecule has 0 spiro atoms. The molecule has 1 unspecified atom stereocenters. The van der Waals surface area contributed by atoms with E-state index in [1.165, 1.54) is 6.07 Å². The molecule has 2 N–H and O–H groups in total. The van der Waals surface area contributed by atoms with Gasteiger partial charge in [0.05, 0.1) is 12.7 Å². The summed E-state index contributed by atoms with van der Waals surface area (Å²) in [6.07, 6.45) is -0.611. The van der Waals surface area contributed by atoms with E-state index in [0.717, 1.165) is 12.1 Å². The maximum atomic E-state index is 13.6. The summed E-state index contributed by atoms with van der Waals surface area (Å²) < 4.78 is 23.6. The van der Waals surface area contributed by atoms with Crippen LogP contribution < -0.4 is 10.1 Å². The Labute approximate surface area is 107 Å². The van der Waals surface area contributed by atoms with Crippen molar-refractivity contribution in [2.45, 2.75) is 19.6 Å². The van der Waals surface area contributed by atoms with Crippen LogP contribution in [-0.2, 0) is 11.3 Å². The SMILES string of the molecule is COCCNCc1ccc(OCC(C)O)c(F)c1. The average molecular weight is 257 g/mol. The normalized spacial score (nSPS) is 12.4. The minimum Gasteiger partial charge on any atom is -0.488 e. The van der Waals surface area contributed by atoms with Gasteiger partial charge in [0.1, 0.15) is 6.61 Å². The first-order chi connectivity index (χ1) is 8.63. The number of benzene rings is 1. The zero-order chi connectivity index (χ0) is 13.4. The second-order valence-electron chi connectivity index (χ2n) is 4.09. The molecule has 0 bridgehead atoms. The molecule has 0 aliphatic heterocycles. The van der Waals surface area contributed by atoms with E-state index >= 15 is 0 Å². The highest BCUT2D eigenvalue weighted by molar-refractivity contribution is 5.29. The molecule has 1 atom stereocenters. The molecule has 5 heteroatoms. The number of methoxy groups -OCH3 is 1. The van der Waals surface area contributed by atoms with Gasteiger partial charge in [0.15, 0.2) is 11.6 Å². The van der Waals surface area contributed by atoms with Crippen LogP contribution in [0.25, 0.3) is 0 Å². The fourth-order valence-electron chi connectivity index (χ4n) is 1.39. The predicted octanol–water partition coefficient (Wildman–Crippen LogP) is 1.32. The van der Waals surface area contributed by atoms with Crippen molar-refractivity contribution < 1.29 is 19.0 Å². The highest BCUT2D eigenvalue weighted by atomic mass is 19.1. The summed E-state index contributed by atoms with van der Waals surface area (Å²) in [7, 11) is 1.63. The van der Waals surface area contributed by atoms with Gasteiger partial charge in [-0.1, -0.05) is 6.07 Å². The van der Waals surface area contributed by atoms with Gasteiger partial charge in [-0.2, -0.15) is 0 Å². The molecule has 0 fully saturated rings. The summed E-state index contributed by atoms with van der Waals surface area (Å²) in [5.41, 5.74) is 0.841. The second kappa shape index (κ2) is 8.02. The Bertz CT molecular complexity index is 358. The molecule has 1 aromatic rings. The quantitative estimate of drug-likeness (QED) is 0.690. The molecule has 0 aliphatic carbocycles. The number of nitrogens with one attached hydrogen (secondary N) is 1. The van der Waals surface area contributed by atoms with Crippen LogP contribution in [0, 0.1) is 5.82 Å². The van der Waals surface area contributed by atoms with Crippen molar-refractivity contribution in [1.82, 2.24) is 5.32 Å². The summed E-state index contributed by atoms with van der Waals surface area (Å²) in [6.45, 7) is 3.60. The first-order valence-electron chi connectivity index (χ1n) is 5.92. The number of ether oxygens (including phenoxy) is 2. The lowest BCUT2D eigenvalue weighted by molar-refractivity contribution is 0.120. The summed E-state index contributed by atoms with van der Waals surface area (Å²) >= 11 is 0. The van der Waals surface area contributed by atoms with Gasteiger partial charge in [-0.25, -0.2) is 4.39 Å². The van der Waals surface area contributed by atoms with E-state index in [1.54, 1.807) is 26.2 Å². The van der Waals surface area contributed by atoms with E-state index in [1.807, 2.05) is 0 Å². The predicted molar refractivity (Wildman–Crippen MR) is 67.2 cm³/mol. The second-order valence-corrected chi connectivity index (χ2v) is 4.09. The number of hydrogen-bond donors (Lipinski definition) is 2. The first-order valence-corrected chi connectivity index (χ1v) is 5.92. The summed E-state index contributed by atoms with van der Waals surface area (Å²) in [4.78, 5) is 0. The van der Waals surface area contributed by atoms with E-state index in [9.17, 15) is 4.39 Å². The van der Waals surface area contributed by atoms with Crippen molar-refractivity contribution in [3.8, 4) is 5.75 Å². The first kappa shape index (κ1) is 14.9. The summed E-state index contributed by atoms with van der Waals surface area (Å²) in [6, 6.07) is 4.79. The lowest BCUT2D eigenvalue weighted by atomic mass is 10.2. The van der Waals surface area contributed by atoms with E-state index < -0.39 is 11.9 Å². The minimum absolute atomic E-state index is 0.0857. The lowest BCUT2D eigenvalue weighted by Crippen LogP contribution is -2.18. The van der Waals surface area contributed by atoms with Crippen molar-refractivity contribution in [2.24, 2.45) is 0 Å². The van der Waals surface area contributed by atoms with E-state index in [4.69, 9.17) is 14.6 Å². The molecule has 0 aliphatic rings. The number of hydrogen-bond acceptors (Lipinski definition) is 4. The molecule has 0 aromatic heterocycles. The fourth-order valence-corrected chi connectivity index (χ4v) is 1.39. The van der Waals surface area contributed by atoms with Gasteiger partial charge in [0.25, 0.3) is 0 Å². The molecule has 1 aromatic carbocycles. The zero-order valence-electron chi connectivity index (χ0n) is 10.8. The van der Waals surface area contributed by atoms with E-state index in [0.29, 0.717) is 13.2 Å². The van der Waals surface area contributed by atoms with Crippen LogP contribution in [0.5, 0.6) is 5.75 Å². The molecule has 0 saturated carbocycles. The largest absolute Gasteiger partial charge is 0.488 e. The van der Waals surface area contributed by atoms with Crippen LogP contribution in [0.15, 0.2) is 18.2 Å². The third-order valence-electron chi connectivity index (χ3n) is 2.29. The molecule has 0 amide bonds. The van der Waals surface area contributed by atoms with Crippen LogP contribution in [0.3, 0.4) is 0 Å². The van der Waals surface area contributed by atoms with Crippen molar-refractivity contribution in [3.05, 3.63) is 29.6 Å². The summed E-state index contributed by atoms with van der Waals surface area (Å²) in [5.74, 6) is -0.252. The van der Waals surface area contributed by atoms with Crippen LogP contribution in [-0.4, -0.2) is 38.1 Å². The number of aliphatic hydroxyl groups excluding tert-OH is 1. The molecule has 102 valence electrons. The molecule has 18 heavy (non-hydrogen) atoms. The smallest absolute Gasteiger partial charge is 0.165 e. The molecular formula is C13H20FNO3. The van der Waals surface area contributed by atoms with Crippen LogP contribution in [0.2, 0.25) is 0 Å². The topological polar surface area (TPSA) is 50.7 Å². The highest BCUT2D eigenvalue weighted by Crippen LogP contribution is 2.18. The summed E-state index contributed by atoms with van der Waals surface area (Å²) in [5, 5.41) is 12.2. The van der Waals surface area contributed by atoms with E-state index in [2.05, 4.69) is 5.32 Å². The average Bonchev–Trinajstić information content (AvgIpc) is 2.33. The molecule has 0 saturated heterocycles. The van der Waals surface area contributed by atoms with Crippen molar-refractivity contribution >= 4 is 0 Å². The van der Waals surface area contributed by atoms with Gasteiger partial charge in [-0.05, 0) is 24.6 Å². The van der Waals surface area contributed by atoms with Crippen molar-refractivity contribution in [1.29, 1.82) is 0 Å². The maximum Gasteiger partial charge on any atom is 0.165 e. The van der Waals surface area contributed by atoms with Crippen LogP contribution >= 0.6 is 0 Å². The molecule has 0 heterocycles. The molecule has 0 radical (unpaired) electrons. The zero-order valence-corrected chi connectivity index (χ0v) is 10.8. The van der Waals surface area contributed by atoms with Gasteiger partial charge in [0, 0.05) is 20.2 Å². The van der Waals surface area contributed by atoms with Crippen LogP contribution in [0.1, 0.15) is 12.5 Å². The van der Waals surface area contributed by atoms with Crippen LogP contribution in [0.4, 0.5) is 4.39 Å². The van der Waals surface area contributed by atoms with Crippen molar-refractivity contribution in [3.63, 3.8) is 0 Å². The Morgan fingerprint density at radius 2 is 2.22 bits per heavy atom. The Hall–Kier alpha value is -1.17. The van der Waals surface area contributed by atoms with Crippen molar-refractivity contribution in [2.75, 3.05) is 26.9 Å². The van der Waals surface area contributed by atoms with Gasteiger partial charge in [0.2, 0.25) is 0 Å². The highest BCUT2D eigenvalue weighted by Gasteiger charge is 2.06.